The zero-order valence-corrected chi connectivity index (χ0v) is 15.9. The first kappa shape index (κ1) is 18.2. The zero-order chi connectivity index (χ0) is 18.4. The van der Waals surface area contributed by atoms with Crippen molar-refractivity contribution in [2.24, 2.45) is 0 Å². The van der Waals surface area contributed by atoms with E-state index < -0.39 is 5.97 Å². The number of esters is 1. The molecule has 7 heteroatoms. The van der Waals surface area contributed by atoms with E-state index >= 15 is 0 Å². The van der Waals surface area contributed by atoms with Crippen molar-refractivity contribution in [2.75, 3.05) is 11.9 Å². The van der Waals surface area contributed by atoms with Crippen molar-refractivity contribution in [1.82, 2.24) is 0 Å². The summed E-state index contributed by atoms with van der Waals surface area (Å²) in [6.45, 7) is -0.196. The smallest absolute Gasteiger partial charge is 0.349 e. The summed E-state index contributed by atoms with van der Waals surface area (Å²) in [5.74, 6) is 0.274. The van der Waals surface area contributed by atoms with E-state index in [0.29, 0.717) is 22.1 Å². The van der Waals surface area contributed by atoms with Gasteiger partial charge in [-0.25, -0.2) is 4.79 Å². The standard InChI is InChI=1S/C19H14BrNO4S/c20-13-3-7-15(8-4-13)24-12-18(22)25-16-9-5-14(6-10-16)21-19(23)17-2-1-11-26-17/h1-11H,12H2,(H,21,23). The van der Waals surface area contributed by atoms with Crippen molar-refractivity contribution in [3.8, 4) is 11.5 Å². The zero-order valence-electron chi connectivity index (χ0n) is 13.5. The van der Waals surface area contributed by atoms with E-state index in [1.807, 2.05) is 23.6 Å². The van der Waals surface area contributed by atoms with Gasteiger partial charge in [-0.15, -0.1) is 11.3 Å². The van der Waals surface area contributed by atoms with Crippen molar-refractivity contribution < 1.29 is 19.1 Å². The maximum absolute atomic E-state index is 12.0. The Kier molecular flexibility index (Phi) is 6.04. The van der Waals surface area contributed by atoms with Gasteiger partial charge in [0, 0.05) is 10.2 Å². The number of carbonyl (C=O) groups excluding carboxylic acids is 2. The van der Waals surface area contributed by atoms with E-state index in [1.165, 1.54) is 11.3 Å². The Hall–Kier alpha value is -2.64. The minimum absolute atomic E-state index is 0.173. The molecule has 0 unspecified atom stereocenters. The van der Waals surface area contributed by atoms with Gasteiger partial charge >= 0.3 is 5.97 Å². The van der Waals surface area contributed by atoms with Gasteiger partial charge in [0.25, 0.3) is 5.91 Å². The van der Waals surface area contributed by atoms with Gasteiger partial charge in [0.2, 0.25) is 0 Å². The highest BCUT2D eigenvalue weighted by Gasteiger charge is 2.09. The molecule has 1 aromatic heterocycles. The number of nitrogens with one attached hydrogen (secondary N) is 1. The number of hydrogen-bond acceptors (Lipinski definition) is 5. The molecule has 0 aliphatic carbocycles. The molecule has 1 amide bonds. The molecule has 0 aliphatic heterocycles. The number of carbonyl (C=O) groups is 2. The lowest BCUT2D eigenvalue weighted by Crippen LogP contribution is -2.17. The number of amides is 1. The first-order valence-electron chi connectivity index (χ1n) is 7.64. The molecule has 0 aliphatic rings. The van der Waals surface area contributed by atoms with Gasteiger partial charge in [0.05, 0.1) is 4.88 Å². The van der Waals surface area contributed by atoms with Crippen molar-refractivity contribution in [3.05, 3.63) is 75.4 Å². The number of benzene rings is 2. The van der Waals surface area contributed by atoms with Crippen LogP contribution in [0.25, 0.3) is 0 Å². The van der Waals surface area contributed by atoms with Gasteiger partial charge in [-0.1, -0.05) is 22.0 Å². The second kappa shape index (κ2) is 8.64. The van der Waals surface area contributed by atoms with E-state index in [0.717, 1.165) is 4.47 Å². The lowest BCUT2D eigenvalue weighted by molar-refractivity contribution is -0.136. The fourth-order valence-corrected chi connectivity index (χ4v) is 2.92. The highest BCUT2D eigenvalue weighted by molar-refractivity contribution is 9.10. The monoisotopic (exact) mass is 431 g/mol. The van der Waals surface area contributed by atoms with Crippen LogP contribution in [-0.4, -0.2) is 18.5 Å². The fraction of sp³-hybridized carbons (Fsp3) is 0.0526. The van der Waals surface area contributed by atoms with E-state index in [9.17, 15) is 9.59 Å². The van der Waals surface area contributed by atoms with Crippen LogP contribution in [0.1, 0.15) is 9.67 Å². The summed E-state index contributed by atoms with van der Waals surface area (Å²) in [5, 5.41) is 4.62. The maximum atomic E-state index is 12.0. The Morgan fingerprint density at radius 3 is 2.31 bits per heavy atom. The van der Waals surface area contributed by atoms with E-state index in [1.54, 1.807) is 42.5 Å². The Bertz CT molecular complexity index is 877. The quantitative estimate of drug-likeness (QED) is 0.451. The summed E-state index contributed by atoms with van der Waals surface area (Å²) in [7, 11) is 0. The normalized spacial score (nSPS) is 10.2. The van der Waals surface area contributed by atoms with Crippen molar-refractivity contribution in [3.63, 3.8) is 0 Å². The summed E-state index contributed by atoms with van der Waals surface area (Å²) in [5.41, 5.74) is 0.620. The molecule has 0 atom stereocenters. The molecule has 26 heavy (non-hydrogen) atoms. The van der Waals surface area contributed by atoms with Crippen molar-refractivity contribution >= 4 is 44.8 Å². The molecule has 1 heterocycles. The van der Waals surface area contributed by atoms with Gasteiger partial charge in [-0.2, -0.15) is 0 Å². The second-order valence-electron chi connectivity index (χ2n) is 5.17. The van der Waals surface area contributed by atoms with Crippen LogP contribution in [0.4, 0.5) is 5.69 Å². The highest BCUT2D eigenvalue weighted by atomic mass is 79.9. The molecule has 0 saturated carbocycles. The third kappa shape index (κ3) is 5.18. The molecule has 0 bridgehead atoms. The average molecular weight is 432 g/mol. The predicted molar refractivity (Wildman–Crippen MR) is 104 cm³/mol. The van der Waals surface area contributed by atoms with Crippen LogP contribution in [0.2, 0.25) is 0 Å². The summed E-state index contributed by atoms with van der Waals surface area (Å²) in [6.07, 6.45) is 0. The fourth-order valence-electron chi connectivity index (χ4n) is 2.04. The van der Waals surface area contributed by atoms with Crippen LogP contribution in [0.15, 0.2) is 70.5 Å². The lowest BCUT2D eigenvalue weighted by atomic mass is 10.3. The summed E-state index contributed by atoms with van der Waals surface area (Å²) in [4.78, 5) is 24.4. The van der Waals surface area contributed by atoms with Gasteiger partial charge in [0.15, 0.2) is 6.61 Å². The van der Waals surface area contributed by atoms with Crippen molar-refractivity contribution in [1.29, 1.82) is 0 Å². The van der Waals surface area contributed by atoms with Crippen LogP contribution in [0, 0.1) is 0 Å². The number of anilines is 1. The number of halogens is 1. The SMILES string of the molecule is O=C(COc1ccc(Br)cc1)Oc1ccc(NC(=O)c2cccs2)cc1. The third-order valence-corrected chi connectivity index (χ3v) is 4.66. The van der Waals surface area contributed by atoms with Gasteiger partial charge in [0.1, 0.15) is 11.5 Å². The van der Waals surface area contributed by atoms with Gasteiger partial charge in [-0.3, -0.25) is 4.79 Å². The number of thiophene rings is 1. The van der Waals surface area contributed by atoms with E-state index in [4.69, 9.17) is 9.47 Å². The Labute approximate surface area is 162 Å². The molecular formula is C19H14BrNO4S. The Morgan fingerprint density at radius 1 is 0.962 bits per heavy atom. The molecular weight excluding hydrogens is 418 g/mol. The van der Waals surface area contributed by atoms with E-state index in [2.05, 4.69) is 21.2 Å². The van der Waals surface area contributed by atoms with Gasteiger partial charge in [-0.05, 0) is 60.0 Å². The largest absolute Gasteiger partial charge is 0.482 e. The second-order valence-corrected chi connectivity index (χ2v) is 7.04. The molecule has 1 N–H and O–H groups in total. The predicted octanol–water partition coefficient (Wildman–Crippen LogP) is 4.75. The molecule has 3 aromatic rings. The van der Waals surface area contributed by atoms with Crippen molar-refractivity contribution in [2.45, 2.75) is 0 Å². The summed E-state index contributed by atoms with van der Waals surface area (Å²) >= 11 is 4.70. The molecule has 0 saturated heterocycles. The number of hydrogen-bond donors (Lipinski definition) is 1. The first-order valence-corrected chi connectivity index (χ1v) is 9.31. The van der Waals surface area contributed by atoms with Crippen LogP contribution in [0.3, 0.4) is 0 Å². The van der Waals surface area contributed by atoms with Crippen LogP contribution < -0.4 is 14.8 Å². The highest BCUT2D eigenvalue weighted by Crippen LogP contribution is 2.19. The van der Waals surface area contributed by atoms with Crippen LogP contribution in [0.5, 0.6) is 11.5 Å². The average Bonchev–Trinajstić information content (AvgIpc) is 3.18. The third-order valence-electron chi connectivity index (χ3n) is 3.26. The lowest BCUT2D eigenvalue weighted by Gasteiger charge is -2.08. The van der Waals surface area contributed by atoms with E-state index in [-0.39, 0.29) is 12.5 Å². The van der Waals surface area contributed by atoms with Crippen LogP contribution >= 0.6 is 27.3 Å². The Balaban J connectivity index is 1.49. The molecule has 0 spiro atoms. The number of rotatable bonds is 6. The Morgan fingerprint density at radius 2 is 1.65 bits per heavy atom. The molecule has 3 rings (SSSR count). The molecule has 132 valence electrons. The minimum Gasteiger partial charge on any atom is -0.482 e. The maximum Gasteiger partial charge on any atom is 0.349 e. The molecule has 0 radical (unpaired) electrons. The molecule has 5 nitrogen and oxygen atoms in total. The summed E-state index contributed by atoms with van der Waals surface area (Å²) in [6, 6.07) is 17.3. The van der Waals surface area contributed by atoms with Crippen LogP contribution in [-0.2, 0) is 4.79 Å². The molecule has 2 aromatic carbocycles. The summed E-state index contributed by atoms with van der Waals surface area (Å²) < 4.78 is 11.5. The topological polar surface area (TPSA) is 64.6 Å². The number of ether oxygens (including phenoxy) is 2. The first-order chi connectivity index (χ1) is 12.6. The molecule has 0 fully saturated rings. The minimum atomic E-state index is -0.511. The van der Waals surface area contributed by atoms with Gasteiger partial charge < -0.3 is 14.8 Å².